The molecule has 3 aliphatic rings. The lowest BCUT2D eigenvalue weighted by Gasteiger charge is -2.39. The molecule has 1 aliphatic carbocycles. The van der Waals surface area contributed by atoms with E-state index >= 15 is 0 Å². The van der Waals surface area contributed by atoms with Crippen LogP contribution in [0.25, 0.3) is 0 Å². The maximum absolute atomic E-state index is 5.99. The molecule has 0 bridgehead atoms. The van der Waals surface area contributed by atoms with Gasteiger partial charge in [0, 0.05) is 38.1 Å². The molecule has 0 N–H and O–H groups in total. The van der Waals surface area contributed by atoms with Crippen molar-refractivity contribution >= 4 is 0 Å². The fourth-order valence-corrected chi connectivity index (χ4v) is 4.51. The quantitative estimate of drug-likeness (QED) is 0.802. The number of piperidine rings is 1. The smallest absolute Gasteiger partial charge is 0.0622 e. The standard InChI is InChI=1S/C20H31N3O/c1-22-16-20(12-19(22)15-24-14-18-2-3-18)6-10-23(11-7-20)13-17-4-8-21-9-5-17/h4-5,8-9,18-19H,2-3,6-7,10-16H2,1H3/t19-/m0/s1. The molecule has 0 amide bonds. The third-order valence-corrected chi connectivity index (χ3v) is 6.31. The number of likely N-dealkylation sites (N-methyl/N-ethyl adjacent to an activating group) is 1. The lowest BCUT2D eigenvalue weighted by Crippen LogP contribution is -2.40. The Bertz CT molecular complexity index is 523. The zero-order chi connectivity index (χ0) is 16.4. The molecule has 0 unspecified atom stereocenters. The molecule has 4 rings (SSSR count). The van der Waals surface area contributed by atoms with Gasteiger partial charge in [0.2, 0.25) is 0 Å². The van der Waals surface area contributed by atoms with Crippen molar-refractivity contribution in [2.75, 3.05) is 39.9 Å². The molecule has 2 aliphatic heterocycles. The Labute approximate surface area is 146 Å². The number of hydrogen-bond donors (Lipinski definition) is 0. The van der Waals surface area contributed by atoms with E-state index in [1.807, 2.05) is 12.4 Å². The second-order valence-corrected chi connectivity index (χ2v) is 8.39. The van der Waals surface area contributed by atoms with E-state index in [9.17, 15) is 0 Å². The van der Waals surface area contributed by atoms with Crippen LogP contribution < -0.4 is 0 Å². The van der Waals surface area contributed by atoms with Crippen LogP contribution in [0.15, 0.2) is 24.5 Å². The Balaban J connectivity index is 1.25. The number of aromatic nitrogens is 1. The van der Waals surface area contributed by atoms with Crippen molar-refractivity contribution in [1.82, 2.24) is 14.8 Å². The third-order valence-electron chi connectivity index (χ3n) is 6.31. The average Bonchev–Trinajstić information content (AvgIpc) is 3.36. The normalized spacial score (nSPS) is 27.8. The molecule has 3 heterocycles. The summed E-state index contributed by atoms with van der Waals surface area (Å²) in [4.78, 5) is 9.29. The van der Waals surface area contributed by atoms with E-state index in [0.29, 0.717) is 11.5 Å². The summed E-state index contributed by atoms with van der Waals surface area (Å²) in [6, 6.07) is 4.91. The molecule has 4 nitrogen and oxygen atoms in total. The highest BCUT2D eigenvalue weighted by molar-refractivity contribution is 5.10. The van der Waals surface area contributed by atoms with Crippen LogP contribution in [0, 0.1) is 11.3 Å². The summed E-state index contributed by atoms with van der Waals surface area (Å²) in [5.74, 6) is 0.877. The maximum Gasteiger partial charge on any atom is 0.0622 e. The zero-order valence-corrected chi connectivity index (χ0v) is 15.0. The Morgan fingerprint density at radius 2 is 1.92 bits per heavy atom. The van der Waals surface area contributed by atoms with Crippen LogP contribution in [0.4, 0.5) is 0 Å². The highest BCUT2D eigenvalue weighted by atomic mass is 16.5. The van der Waals surface area contributed by atoms with E-state index in [1.54, 1.807) is 0 Å². The van der Waals surface area contributed by atoms with Gasteiger partial charge in [0.05, 0.1) is 6.61 Å². The van der Waals surface area contributed by atoms with Gasteiger partial charge in [-0.2, -0.15) is 0 Å². The van der Waals surface area contributed by atoms with Gasteiger partial charge < -0.3 is 9.64 Å². The third kappa shape index (κ3) is 3.98. The second kappa shape index (κ2) is 7.11. The Kier molecular flexibility index (Phi) is 4.88. The van der Waals surface area contributed by atoms with Crippen molar-refractivity contribution in [3.05, 3.63) is 30.1 Å². The van der Waals surface area contributed by atoms with Gasteiger partial charge in [-0.05, 0) is 81.3 Å². The molecule has 1 aromatic heterocycles. The molecule has 1 atom stereocenters. The van der Waals surface area contributed by atoms with Gasteiger partial charge in [-0.25, -0.2) is 0 Å². The first-order chi connectivity index (χ1) is 11.7. The van der Waals surface area contributed by atoms with Crippen LogP contribution in [0.5, 0.6) is 0 Å². The van der Waals surface area contributed by atoms with Crippen molar-refractivity contribution in [1.29, 1.82) is 0 Å². The van der Waals surface area contributed by atoms with E-state index < -0.39 is 0 Å². The summed E-state index contributed by atoms with van der Waals surface area (Å²) < 4.78 is 5.99. The van der Waals surface area contributed by atoms with E-state index in [2.05, 4.69) is 34.0 Å². The number of likely N-dealkylation sites (tertiary alicyclic amines) is 2. The molecule has 1 aromatic rings. The molecule has 4 heteroatoms. The fraction of sp³-hybridized carbons (Fsp3) is 0.750. The predicted octanol–water partition coefficient (Wildman–Crippen LogP) is 2.79. The van der Waals surface area contributed by atoms with E-state index in [-0.39, 0.29) is 0 Å². The first-order valence-electron chi connectivity index (χ1n) is 9.62. The van der Waals surface area contributed by atoms with Crippen LogP contribution >= 0.6 is 0 Å². The van der Waals surface area contributed by atoms with Gasteiger partial charge in [0.15, 0.2) is 0 Å². The summed E-state index contributed by atoms with van der Waals surface area (Å²) in [5.41, 5.74) is 1.92. The highest BCUT2D eigenvalue weighted by Gasteiger charge is 2.44. The van der Waals surface area contributed by atoms with E-state index in [0.717, 1.165) is 25.7 Å². The van der Waals surface area contributed by atoms with Gasteiger partial charge in [0.1, 0.15) is 0 Å². The monoisotopic (exact) mass is 329 g/mol. The highest BCUT2D eigenvalue weighted by Crippen LogP contribution is 2.43. The largest absolute Gasteiger partial charge is 0.380 e. The van der Waals surface area contributed by atoms with Crippen molar-refractivity contribution in [3.63, 3.8) is 0 Å². The Hall–Kier alpha value is -0.970. The summed E-state index contributed by atoms with van der Waals surface area (Å²) in [7, 11) is 2.29. The molecule has 1 saturated carbocycles. The fourth-order valence-electron chi connectivity index (χ4n) is 4.51. The summed E-state index contributed by atoms with van der Waals surface area (Å²) in [6.07, 6.45) is 10.6. The predicted molar refractivity (Wildman–Crippen MR) is 95.8 cm³/mol. The van der Waals surface area contributed by atoms with Gasteiger partial charge in [0.25, 0.3) is 0 Å². The van der Waals surface area contributed by atoms with Crippen LogP contribution in [0.2, 0.25) is 0 Å². The van der Waals surface area contributed by atoms with Crippen molar-refractivity contribution in [2.45, 2.75) is 44.7 Å². The van der Waals surface area contributed by atoms with E-state index in [4.69, 9.17) is 4.74 Å². The Morgan fingerprint density at radius 1 is 1.17 bits per heavy atom. The van der Waals surface area contributed by atoms with Crippen molar-refractivity contribution in [2.24, 2.45) is 11.3 Å². The number of nitrogens with zero attached hydrogens (tertiary/aromatic N) is 3. The van der Waals surface area contributed by atoms with Gasteiger partial charge >= 0.3 is 0 Å². The van der Waals surface area contributed by atoms with Crippen LogP contribution in [-0.2, 0) is 11.3 Å². The van der Waals surface area contributed by atoms with E-state index in [1.165, 1.54) is 57.3 Å². The van der Waals surface area contributed by atoms with Crippen molar-refractivity contribution < 1.29 is 4.74 Å². The minimum atomic E-state index is 0.539. The number of pyridine rings is 1. The first-order valence-corrected chi connectivity index (χ1v) is 9.62. The number of rotatable bonds is 6. The number of ether oxygens (including phenoxy) is 1. The summed E-state index contributed by atoms with van der Waals surface area (Å²) in [6.45, 7) is 6.72. The number of hydrogen-bond acceptors (Lipinski definition) is 4. The maximum atomic E-state index is 5.99. The molecule has 0 aromatic carbocycles. The molecule has 3 fully saturated rings. The average molecular weight is 329 g/mol. The topological polar surface area (TPSA) is 28.6 Å². The minimum absolute atomic E-state index is 0.539. The van der Waals surface area contributed by atoms with Gasteiger partial charge in [-0.15, -0.1) is 0 Å². The van der Waals surface area contributed by atoms with Gasteiger partial charge in [-0.3, -0.25) is 9.88 Å². The molecular formula is C20H31N3O. The van der Waals surface area contributed by atoms with Crippen LogP contribution in [0.1, 0.15) is 37.7 Å². The molecular weight excluding hydrogens is 298 g/mol. The summed E-state index contributed by atoms with van der Waals surface area (Å²) >= 11 is 0. The zero-order valence-electron chi connectivity index (χ0n) is 15.0. The van der Waals surface area contributed by atoms with Crippen LogP contribution in [0.3, 0.4) is 0 Å². The lowest BCUT2D eigenvalue weighted by molar-refractivity contribution is 0.0776. The SMILES string of the molecule is CN1CC2(CCN(Cc3ccncc3)CC2)C[C@H]1COCC1CC1. The van der Waals surface area contributed by atoms with Crippen molar-refractivity contribution in [3.8, 4) is 0 Å². The molecule has 1 spiro atoms. The Morgan fingerprint density at radius 3 is 2.62 bits per heavy atom. The van der Waals surface area contributed by atoms with Crippen LogP contribution in [-0.4, -0.2) is 60.7 Å². The molecule has 0 radical (unpaired) electrons. The molecule has 132 valence electrons. The molecule has 24 heavy (non-hydrogen) atoms. The summed E-state index contributed by atoms with van der Waals surface area (Å²) in [5, 5.41) is 0. The molecule has 2 saturated heterocycles. The van der Waals surface area contributed by atoms with Gasteiger partial charge in [-0.1, -0.05) is 0 Å². The second-order valence-electron chi connectivity index (χ2n) is 8.39. The first kappa shape index (κ1) is 16.5. The minimum Gasteiger partial charge on any atom is -0.380 e. The lowest BCUT2D eigenvalue weighted by atomic mass is 9.76.